The largest absolute Gasteiger partial charge is 0.492 e. The van der Waals surface area contributed by atoms with Gasteiger partial charge in [0.1, 0.15) is 5.75 Å². The van der Waals surface area contributed by atoms with Gasteiger partial charge in [-0.05, 0) is 42.5 Å². The van der Waals surface area contributed by atoms with Crippen LogP contribution in [0.25, 0.3) is 0 Å². The summed E-state index contributed by atoms with van der Waals surface area (Å²) in [5.74, 6) is 1.41. The predicted molar refractivity (Wildman–Crippen MR) is 81.2 cm³/mol. The first kappa shape index (κ1) is 14.7. The highest BCUT2D eigenvalue weighted by atomic mass is 35.5. The summed E-state index contributed by atoms with van der Waals surface area (Å²) in [5.41, 5.74) is 1.36. The van der Waals surface area contributed by atoms with Gasteiger partial charge in [-0.25, -0.2) is 0 Å². The second-order valence-electron chi connectivity index (χ2n) is 6.42. The van der Waals surface area contributed by atoms with Crippen molar-refractivity contribution in [2.45, 2.75) is 39.0 Å². The van der Waals surface area contributed by atoms with Gasteiger partial charge in [-0.15, -0.1) is 0 Å². The molecule has 19 heavy (non-hydrogen) atoms. The Kier molecular flexibility index (Phi) is 4.75. The quantitative estimate of drug-likeness (QED) is 0.904. The van der Waals surface area contributed by atoms with Gasteiger partial charge in [0.25, 0.3) is 0 Å². The van der Waals surface area contributed by atoms with Crippen LogP contribution in [0.4, 0.5) is 0 Å². The lowest BCUT2D eigenvalue weighted by Crippen LogP contribution is -2.33. The van der Waals surface area contributed by atoms with Gasteiger partial charge in [0.05, 0.1) is 11.6 Å². The fourth-order valence-electron chi connectivity index (χ4n) is 2.36. The van der Waals surface area contributed by atoms with E-state index in [4.69, 9.17) is 16.3 Å². The van der Waals surface area contributed by atoms with Crippen LogP contribution in [0.2, 0.25) is 5.02 Å². The molecule has 1 fully saturated rings. The van der Waals surface area contributed by atoms with Crippen LogP contribution in [0.15, 0.2) is 18.2 Å². The third-order valence-corrected chi connectivity index (χ3v) is 3.97. The van der Waals surface area contributed by atoms with Crippen LogP contribution < -0.4 is 10.1 Å². The number of hydrogen-bond acceptors (Lipinski definition) is 2. The minimum Gasteiger partial charge on any atom is -0.492 e. The van der Waals surface area contributed by atoms with Crippen molar-refractivity contribution in [1.29, 1.82) is 0 Å². The van der Waals surface area contributed by atoms with E-state index < -0.39 is 0 Å². The third kappa shape index (κ3) is 4.12. The van der Waals surface area contributed by atoms with E-state index in [1.807, 2.05) is 12.1 Å². The van der Waals surface area contributed by atoms with Crippen molar-refractivity contribution in [3.63, 3.8) is 0 Å². The zero-order valence-electron chi connectivity index (χ0n) is 12.1. The molecular formula is C16H24ClNO. The Labute approximate surface area is 121 Å². The first-order valence-corrected chi connectivity index (χ1v) is 7.48. The van der Waals surface area contributed by atoms with Crippen LogP contribution in [0.3, 0.4) is 0 Å². The Morgan fingerprint density at radius 2 is 2.16 bits per heavy atom. The van der Waals surface area contributed by atoms with E-state index in [1.54, 1.807) is 0 Å². The van der Waals surface area contributed by atoms with E-state index in [9.17, 15) is 0 Å². The molecule has 1 aliphatic heterocycles. The highest BCUT2D eigenvalue weighted by molar-refractivity contribution is 6.32. The molecule has 0 unspecified atom stereocenters. The van der Waals surface area contributed by atoms with Crippen molar-refractivity contribution in [3.8, 4) is 5.75 Å². The van der Waals surface area contributed by atoms with Crippen molar-refractivity contribution in [2.75, 3.05) is 19.7 Å². The maximum atomic E-state index is 6.31. The summed E-state index contributed by atoms with van der Waals surface area (Å²) < 4.78 is 5.87. The highest BCUT2D eigenvalue weighted by Crippen LogP contribution is 2.31. The van der Waals surface area contributed by atoms with Gasteiger partial charge >= 0.3 is 0 Å². The molecule has 1 heterocycles. The highest BCUT2D eigenvalue weighted by Gasteiger charge is 2.17. The summed E-state index contributed by atoms with van der Waals surface area (Å²) in [6, 6.07) is 6.13. The molecule has 0 aromatic heterocycles. The molecule has 0 radical (unpaired) electrons. The van der Waals surface area contributed by atoms with Gasteiger partial charge < -0.3 is 10.1 Å². The number of piperidine rings is 1. The molecule has 1 aliphatic rings. The van der Waals surface area contributed by atoms with Crippen LogP contribution in [-0.2, 0) is 5.41 Å². The zero-order chi connectivity index (χ0) is 13.9. The minimum atomic E-state index is 0.120. The molecule has 1 N–H and O–H groups in total. The Morgan fingerprint density at radius 1 is 1.37 bits per heavy atom. The van der Waals surface area contributed by atoms with Crippen molar-refractivity contribution >= 4 is 11.6 Å². The number of benzene rings is 1. The second-order valence-corrected chi connectivity index (χ2v) is 6.83. The van der Waals surface area contributed by atoms with Crippen LogP contribution >= 0.6 is 11.6 Å². The van der Waals surface area contributed by atoms with E-state index in [0.717, 1.165) is 30.5 Å². The Bertz CT molecular complexity index is 419. The summed E-state index contributed by atoms with van der Waals surface area (Å²) >= 11 is 6.31. The zero-order valence-corrected chi connectivity index (χ0v) is 12.9. The minimum absolute atomic E-state index is 0.120. The molecular weight excluding hydrogens is 258 g/mol. The topological polar surface area (TPSA) is 21.3 Å². The maximum Gasteiger partial charge on any atom is 0.137 e. The molecule has 0 aliphatic carbocycles. The fourth-order valence-corrected chi connectivity index (χ4v) is 2.59. The van der Waals surface area contributed by atoms with Crippen molar-refractivity contribution in [1.82, 2.24) is 5.32 Å². The fraction of sp³-hybridized carbons (Fsp3) is 0.625. The summed E-state index contributed by atoms with van der Waals surface area (Å²) in [5, 5.41) is 4.12. The van der Waals surface area contributed by atoms with Gasteiger partial charge in [-0.2, -0.15) is 0 Å². The number of nitrogens with one attached hydrogen (secondary N) is 1. The first-order valence-electron chi connectivity index (χ1n) is 7.10. The molecule has 2 nitrogen and oxygen atoms in total. The lowest BCUT2D eigenvalue weighted by Gasteiger charge is -2.24. The third-order valence-electron chi connectivity index (χ3n) is 3.67. The predicted octanol–water partition coefficient (Wildman–Crippen LogP) is 4.02. The summed E-state index contributed by atoms with van der Waals surface area (Å²) in [6.45, 7) is 9.50. The molecule has 0 saturated carbocycles. The van der Waals surface area contributed by atoms with Gasteiger partial charge in [-0.3, -0.25) is 0 Å². The molecule has 0 amide bonds. The van der Waals surface area contributed by atoms with Crippen LogP contribution in [0.5, 0.6) is 5.75 Å². The van der Waals surface area contributed by atoms with Crippen LogP contribution in [0, 0.1) is 5.92 Å². The molecule has 0 spiro atoms. The number of halogens is 1. The van der Waals surface area contributed by atoms with E-state index in [1.165, 1.54) is 18.4 Å². The molecule has 2 rings (SSSR count). The summed E-state index contributed by atoms with van der Waals surface area (Å²) in [4.78, 5) is 0. The maximum absolute atomic E-state index is 6.31. The van der Waals surface area contributed by atoms with E-state index in [-0.39, 0.29) is 5.41 Å². The smallest absolute Gasteiger partial charge is 0.137 e. The van der Waals surface area contributed by atoms with Gasteiger partial charge in [0.15, 0.2) is 0 Å². The van der Waals surface area contributed by atoms with Crippen LogP contribution in [-0.4, -0.2) is 19.7 Å². The Hall–Kier alpha value is -0.730. The standard InChI is InChI=1S/C16H24ClNO/c1-16(2,3)13-6-7-15(14(17)9-13)19-11-12-5-4-8-18-10-12/h6-7,9,12,18H,4-5,8,10-11H2,1-3H3/t12-/m0/s1. The molecule has 1 saturated heterocycles. The molecule has 1 aromatic rings. The first-order chi connectivity index (χ1) is 8.97. The molecule has 106 valence electrons. The normalized spacial score (nSPS) is 20.3. The number of hydrogen-bond donors (Lipinski definition) is 1. The SMILES string of the molecule is CC(C)(C)c1ccc(OC[C@H]2CCCNC2)c(Cl)c1. The molecule has 1 atom stereocenters. The lowest BCUT2D eigenvalue weighted by atomic mass is 9.87. The average molecular weight is 282 g/mol. The van der Waals surface area contributed by atoms with Crippen molar-refractivity contribution < 1.29 is 4.74 Å². The Morgan fingerprint density at radius 3 is 2.74 bits per heavy atom. The van der Waals surface area contributed by atoms with Crippen molar-refractivity contribution in [2.24, 2.45) is 5.92 Å². The van der Waals surface area contributed by atoms with Crippen LogP contribution in [0.1, 0.15) is 39.2 Å². The van der Waals surface area contributed by atoms with Gasteiger partial charge in [0, 0.05) is 12.5 Å². The second kappa shape index (κ2) is 6.15. The molecule has 1 aromatic carbocycles. The summed E-state index contributed by atoms with van der Waals surface area (Å²) in [6.07, 6.45) is 2.48. The van der Waals surface area contributed by atoms with Gasteiger partial charge in [-0.1, -0.05) is 38.4 Å². The van der Waals surface area contributed by atoms with Crippen molar-refractivity contribution in [3.05, 3.63) is 28.8 Å². The van der Waals surface area contributed by atoms with Gasteiger partial charge in [0.2, 0.25) is 0 Å². The lowest BCUT2D eigenvalue weighted by molar-refractivity contribution is 0.218. The summed E-state index contributed by atoms with van der Waals surface area (Å²) in [7, 11) is 0. The molecule has 3 heteroatoms. The average Bonchev–Trinajstić information content (AvgIpc) is 2.37. The number of rotatable bonds is 3. The number of ether oxygens (including phenoxy) is 1. The van der Waals surface area contributed by atoms with E-state index in [0.29, 0.717) is 5.92 Å². The van der Waals surface area contributed by atoms with E-state index in [2.05, 4.69) is 32.2 Å². The molecule has 0 bridgehead atoms. The Balaban J connectivity index is 1.97. The monoisotopic (exact) mass is 281 g/mol. The van der Waals surface area contributed by atoms with E-state index >= 15 is 0 Å².